The average molecular weight is 596 g/mol. The maximum Gasteiger partial charge on any atom is 0.270 e. The second-order valence-electron chi connectivity index (χ2n) is 10.4. The molecule has 0 bridgehead atoms. The number of amides is 1. The predicted molar refractivity (Wildman–Crippen MR) is 170 cm³/mol. The molecule has 2 saturated heterocycles. The fourth-order valence-electron chi connectivity index (χ4n) is 5.52. The number of nitriles is 1. The summed E-state index contributed by atoms with van der Waals surface area (Å²) in [5, 5.41) is 9.86. The SMILES string of the molecule is CCCCCCCCN1C(=O)/C(=C/c2c(C)c(C#N)c(=O)n(CC)c2N2CCN(c3ccccc3F)CC2)SC1=S. The summed E-state index contributed by atoms with van der Waals surface area (Å²) in [5.74, 6) is 0.295. The summed E-state index contributed by atoms with van der Waals surface area (Å²) in [6.45, 7) is 9.04. The Balaban J connectivity index is 1.63. The van der Waals surface area contributed by atoms with Crippen molar-refractivity contribution in [2.24, 2.45) is 0 Å². The van der Waals surface area contributed by atoms with Gasteiger partial charge in [0.15, 0.2) is 0 Å². The van der Waals surface area contributed by atoms with Gasteiger partial charge in [-0.1, -0.05) is 75.1 Å². The number of thioether (sulfide) groups is 1. The topological polar surface area (TPSA) is 72.6 Å². The number of hydrogen-bond donors (Lipinski definition) is 0. The van der Waals surface area contributed by atoms with E-state index in [9.17, 15) is 19.2 Å². The van der Waals surface area contributed by atoms with Gasteiger partial charge in [-0.2, -0.15) is 5.26 Å². The van der Waals surface area contributed by atoms with E-state index in [1.165, 1.54) is 37.1 Å². The van der Waals surface area contributed by atoms with Crippen LogP contribution >= 0.6 is 24.0 Å². The van der Waals surface area contributed by atoms with Gasteiger partial charge < -0.3 is 9.80 Å². The van der Waals surface area contributed by atoms with Crippen molar-refractivity contribution in [1.29, 1.82) is 5.26 Å². The molecule has 0 radical (unpaired) electrons. The molecule has 2 aliphatic heterocycles. The van der Waals surface area contributed by atoms with Crippen LogP contribution < -0.4 is 15.4 Å². The minimum absolute atomic E-state index is 0.0781. The number of piperazine rings is 1. The van der Waals surface area contributed by atoms with E-state index in [-0.39, 0.29) is 22.8 Å². The van der Waals surface area contributed by atoms with Gasteiger partial charge in [0.2, 0.25) is 0 Å². The molecule has 0 aliphatic carbocycles. The van der Waals surface area contributed by atoms with Gasteiger partial charge in [-0.15, -0.1) is 0 Å². The van der Waals surface area contributed by atoms with Crippen LogP contribution in [0.3, 0.4) is 0 Å². The van der Waals surface area contributed by atoms with Crippen LogP contribution in [0.1, 0.15) is 69.1 Å². The second-order valence-corrected chi connectivity index (χ2v) is 12.1. The van der Waals surface area contributed by atoms with Crippen LogP contribution in [-0.4, -0.2) is 52.4 Å². The van der Waals surface area contributed by atoms with Gasteiger partial charge in [-0.3, -0.25) is 19.1 Å². The molecular formula is C31H38FN5O2S2. The number of carbonyl (C=O) groups excluding carboxylic acids is 1. The van der Waals surface area contributed by atoms with Gasteiger partial charge in [0.1, 0.15) is 27.6 Å². The molecule has 10 heteroatoms. The zero-order valence-corrected chi connectivity index (χ0v) is 25.8. The predicted octanol–water partition coefficient (Wildman–Crippen LogP) is 6.08. The smallest absolute Gasteiger partial charge is 0.270 e. The van der Waals surface area contributed by atoms with Gasteiger partial charge >= 0.3 is 0 Å². The molecule has 0 atom stereocenters. The summed E-state index contributed by atoms with van der Waals surface area (Å²) < 4.78 is 16.6. The summed E-state index contributed by atoms with van der Waals surface area (Å²) >= 11 is 6.86. The quantitative estimate of drug-likeness (QED) is 0.177. The fraction of sp³-hybridized carbons (Fsp3) is 0.484. The lowest BCUT2D eigenvalue weighted by Crippen LogP contribution is -2.49. The Hall–Kier alpha value is -3.16. The fourth-order valence-corrected chi connectivity index (χ4v) is 6.81. The number of pyridine rings is 1. The van der Waals surface area contributed by atoms with E-state index in [1.807, 2.05) is 17.9 Å². The highest BCUT2D eigenvalue weighted by Crippen LogP contribution is 2.36. The first-order chi connectivity index (χ1) is 19.8. The minimum atomic E-state index is -0.341. The van der Waals surface area contributed by atoms with E-state index in [4.69, 9.17) is 12.2 Å². The Morgan fingerprint density at radius 1 is 1.02 bits per heavy atom. The molecule has 1 aromatic heterocycles. The highest BCUT2D eigenvalue weighted by molar-refractivity contribution is 8.26. The molecule has 2 fully saturated rings. The number of halogens is 1. The number of hydrogen-bond acceptors (Lipinski definition) is 7. The van der Waals surface area contributed by atoms with E-state index in [0.717, 1.165) is 19.3 Å². The third-order valence-corrected chi connectivity index (χ3v) is 9.20. The standard InChI is InChI=1S/C31H38FN5O2S2/c1-4-6-7-8-9-12-15-37-30(39)27(41-31(37)40)20-23-22(3)24(21-33)29(38)36(5-2)28(23)35-18-16-34(17-19-35)26-14-11-10-13-25(26)32/h10-11,13-14,20H,4-9,12,15-19H2,1-3H3/b27-20-. The molecule has 0 saturated carbocycles. The maximum absolute atomic E-state index is 14.5. The first-order valence-corrected chi connectivity index (χ1v) is 15.7. The van der Waals surface area contributed by atoms with E-state index >= 15 is 0 Å². The molecule has 1 amide bonds. The Morgan fingerprint density at radius 2 is 1.68 bits per heavy atom. The molecule has 218 valence electrons. The summed E-state index contributed by atoms with van der Waals surface area (Å²) in [4.78, 5) is 33.1. The third kappa shape index (κ3) is 6.68. The van der Waals surface area contributed by atoms with Crippen molar-refractivity contribution in [3.05, 3.63) is 62.0 Å². The molecule has 1 aromatic carbocycles. The molecule has 2 aliphatic rings. The summed E-state index contributed by atoms with van der Waals surface area (Å²) in [5.41, 5.74) is 1.53. The Morgan fingerprint density at radius 3 is 2.34 bits per heavy atom. The normalized spacial score (nSPS) is 16.7. The maximum atomic E-state index is 14.5. The van der Waals surface area contributed by atoms with Gasteiger partial charge in [-0.05, 0) is 44.0 Å². The first-order valence-electron chi connectivity index (χ1n) is 14.5. The van der Waals surface area contributed by atoms with Gasteiger partial charge in [-0.25, -0.2) is 4.39 Å². The summed E-state index contributed by atoms with van der Waals surface area (Å²) in [6.07, 6.45) is 8.56. The van der Waals surface area contributed by atoms with E-state index in [2.05, 4.69) is 17.9 Å². The van der Waals surface area contributed by atoms with Crippen molar-refractivity contribution in [2.75, 3.05) is 42.5 Å². The van der Waals surface area contributed by atoms with E-state index < -0.39 is 0 Å². The van der Waals surface area contributed by atoms with E-state index in [0.29, 0.717) is 71.1 Å². The number of unbranched alkanes of at least 4 members (excludes halogenated alkanes) is 5. The lowest BCUT2D eigenvalue weighted by Gasteiger charge is -2.39. The van der Waals surface area contributed by atoms with Crippen LogP contribution in [0.25, 0.3) is 6.08 Å². The monoisotopic (exact) mass is 595 g/mol. The lowest BCUT2D eigenvalue weighted by atomic mass is 10.0. The highest BCUT2D eigenvalue weighted by atomic mass is 32.2. The number of para-hydroxylation sites is 1. The van der Waals surface area contributed by atoms with Gasteiger partial charge in [0, 0.05) is 44.8 Å². The van der Waals surface area contributed by atoms with Crippen molar-refractivity contribution in [1.82, 2.24) is 9.47 Å². The minimum Gasteiger partial charge on any atom is -0.366 e. The zero-order chi connectivity index (χ0) is 29.5. The number of anilines is 2. The number of carbonyl (C=O) groups is 1. The van der Waals surface area contributed by atoms with Crippen LogP contribution in [0.15, 0.2) is 34.0 Å². The average Bonchev–Trinajstić information content (AvgIpc) is 3.24. The third-order valence-electron chi connectivity index (χ3n) is 7.82. The largest absolute Gasteiger partial charge is 0.366 e. The Kier molecular flexibility index (Phi) is 10.6. The van der Waals surface area contributed by atoms with Crippen molar-refractivity contribution in [2.45, 2.75) is 65.8 Å². The Bertz CT molecular complexity index is 1420. The van der Waals surface area contributed by atoms with E-state index in [1.54, 1.807) is 34.6 Å². The number of benzene rings is 1. The van der Waals surface area contributed by atoms with Crippen LogP contribution in [0.5, 0.6) is 0 Å². The molecule has 3 heterocycles. The number of nitrogens with zero attached hydrogens (tertiary/aromatic N) is 5. The number of aromatic nitrogens is 1. The van der Waals surface area contributed by atoms with Crippen molar-refractivity contribution >= 4 is 51.8 Å². The lowest BCUT2D eigenvalue weighted by molar-refractivity contribution is -0.122. The number of thiocarbonyl (C=S) groups is 1. The van der Waals surface area contributed by atoms with Crippen LogP contribution in [-0.2, 0) is 11.3 Å². The zero-order valence-electron chi connectivity index (χ0n) is 24.1. The van der Waals surface area contributed by atoms with Crippen molar-refractivity contribution < 1.29 is 9.18 Å². The van der Waals surface area contributed by atoms with Crippen LogP contribution in [0.4, 0.5) is 15.9 Å². The van der Waals surface area contributed by atoms with Crippen molar-refractivity contribution in [3.63, 3.8) is 0 Å². The second kappa shape index (κ2) is 14.1. The summed E-state index contributed by atoms with van der Waals surface area (Å²) in [7, 11) is 0. The molecule has 0 spiro atoms. The van der Waals surface area contributed by atoms with Crippen LogP contribution in [0.2, 0.25) is 0 Å². The molecule has 2 aromatic rings. The van der Waals surface area contributed by atoms with Crippen LogP contribution in [0, 0.1) is 24.1 Å². The van der Waals surface area contributed by atoms with Gasteiger partial charge in [0.25, 0.3) is 11.5 Å². The number of rotatable bonds is 11. The first kappa shape index (κ1) is 30.8. The molecule has 41 heavy (non-hydrogen) atoms. The summed E-state index contributed by atoms with van der Waals surface area (Å²) in [6, 6.07) is 8.82. The molecular weight excluding hydrogens is 558 g/mol. The highest BCUT2D eigenvalue weighted by Gasteiger charge is 2.33. The molecule has 4 rings (SSSR count). The Labute approximate surface area is 251 Å². The van der Waals surface area contributed by atoms with Gasteiger partial charge in [0.05, 0.1) is 10.6 Å². The molecule has 0 N–H and O–H groups in total. The van der Waals surface area contributed by atoms with Crippen molar-refractivity contribution in [3.8, 4) is 6.07 Å². The molecule has 7 nitrogen and oxygen atoms in total. The molecule has 0 unspecified atom stereocenters.